The first-order valence-corrected chi connectivity index (χ1v) is 8.60. The predicted octanol–water partition coefficient (Wildman–Crippen LogP) is 4.12. The quantitative estimate of drug-likeness (QED) is 0.692. The summed E-state index contributed by atoms with van der Waals surface area (Å²) in [5.74, 6) is 0.816. The van der Waals surface area contributed by atoms with Crippen molar-refractivity contribution >= 4 is 32.7 Å². The number of aryl methyl sites for hydroxylation is 1. The Kier molecular flexibility index (Phi) is 5.20. The van der Waals surface area contributed by atoms with Crippen molar-refractivity contribution in [3.8, 4) is 5.75 Å². The van der Waals surface area contributed by atoms with E-state index in [0.717, 1.165) is 26.7 Å². The van der Waals surface area contributed by atoms with Gasteiger partial charge in [-0.25, -0.2) is 0 Å². The summed E-state index contributed by atoms with van der Waals surface area (Å²) in [4.78, 5) is 12.1. The van der Waals surface area contributed by atoms with Gasteiger partial charge >= 0.3 is 0 Å². The lowest BCUT2D eigenvalue weighted by Crippen LogP contribution is -2.24. The maximum atomic E-state index is 12.1. The Bertz CT molecular complexity index is 857. The van der Waals surface area contributed by atoms with Crippen molar-refractivity contribution in [2.24, 2.45) is 0 Å². The van der Waals surface area contributed by atoms with E-state index in [-0.39, 0.29) is 5.91 Å². The Morgan fingerprint density at radius 3 is 2.83 bits per heavy atom. The van der Waals surface area contributed by atoms with Crippen molar-refractivity contribution in [2.75, 3.05) is 7.11 Å². The number of fused-ring (bicyclic) bond motifs is 1. The normalized spacial score (nSPS) is 10.8. The summed E-state index contributed by atoms with van der Waals surface area (Å²) < 4.78 is 8.46. The van der Waals surface area contributed by atoms with Crippen LogP contribution in [0.25, 0.3) is 10.9 Å². The van der Waals surface area contributed by atoms with E-state index in [1.807, 2.05) is 42.6 Å². The second-order valence-corrected chi connectivity index (χ2v) is 6.37. The average Bonchev–Trinajstić information content (AvgIpc) is 3.03. The number of nitrogens with zero attached hydrogens (tertiary/aromatic N) is 1. The molecule has 1 amide bonds. The van der Waals surface area contributed by atoms with Crippen LogP contribution in [0.5, 0.6) is 5.75 Å². The lowest BCUT2D eigenvalue weighted by Gasteiger charge is -2.10. The summed E-state index contributed by atoms with van der Waals surface area (Å²) >= 11 is 3.55. The van der Waals surface area contributed by atoms with Gasteiger partial charge in [0, 0.05) is 46.6 Å². The number of carbonyl (C=O) groups excluding carboxylic acids is 1. The van der Waals surface area contributed by atoms with E-state index >= 15 is 0 Å². The van der Waals surface area contributed by atoms with Gasteiger partial charge in [0.2, 0.25) is 5.91 Å². The average molecular weight is 387 g/mol. The first-order valence-electron chi connectivity index (χ1n) is 7.81. The van der Waals surface area contributed by atoms with Gasteiger partial charge in [-0.1, -0.05) is 40.2 Å². The molecule has 0 radical (unpaired) electrons. The molecule has 0 atom stereocenters. The zero-order chi connectivity index (χ0) is 16.9. The van der Waals surface area contributed by atoms with Crippen LogP contribution in [0.3, 0.4) is 0 Å². The fraction of sp³-hybridized carbons (Fsp3) is 0.211. The van der Waals surface area contributed by atoms with Crippen LogP contribution in [-0.4, -0.2) is 17.6 Å². The number of carbonyl (C=O) groups is 1. The van der Waals surface area contributed by atoms with Gasteiger partial charge in [0.15, 0.2) is 0 Å². The summed E-state index contributed by atoms with van der Waals surface area (Å²) in [7, 11) is 1.63. The van der Waals surface area contributed by atoms with Crippen LogP contribution < -0.4 is 10.1 Å². The molecule has 3 aromatic rings. The third-order valence-corrected chi connectivity index (χ3v) is 4.70. The minimum absolute atomic E-state index is 0.0257. The number of hydrogen-bond acceptors (Lipinski definition) is 2. The standard InChI is InChI=1S/C19H19BrN2O2/c1-24-18-8-3-2-5-14(18)13-21-19(23)10-12-22-11-9-15-16(20)6-4-7-17(15)22/h2-9,11H,10,12-13H2,1H3,(H,21,23). The van der Waals surface area contributed by atoms with Crippen molar-refractivity contribution in [1.29, 1.82) is 0 Å². The SMILES string of the molecule is COc1ccccc1CNC(=O)CCn1ccc2c(Br)cccc21. The largest absolute Gasteiger partial charge is 0.496 e. The highest BCUT2D eigenvalue weighted by atomic mass is 79.9. The number of methoxy groups -OCH3 is 1. The van der Waals surface area contributed by atoms with Gasteiger partial charge in [-0.15, -0.1) is 0 Å². The highest BCUT2D eigenvalue weighted by Crippen LogP contribution is 2.24. The molecule has 24 heavy (non-hydrogen) atoms. The third-order valence-electron chi connectivity index (χ3n) is 4.01. The van der Waals surface area contributed by atoms with Crippen molar-refractivity contribution in [3.05, 3.63) is 64.8 Å². The lowest BCUT2D eigenvalue weighted by molar-refractivity contribution is -0.121. The first kappa shape index (κ1) is 16.6. The smallest absolute Gasteiger partial charge is 0.222 e. The molecule has 1 heterocycles. The molecule has 1 aromatic heterocycles. The van der Waals surface area contributed by atoms with E-state index in [4.69, 9.17) is 4.74 Å². The Morgan fingerprint density at radius 2 is 2.00 bits per heavy atom. The number of nitrogens with one attached hydrogen (secondary N) is 1. The summed E-state index contributed by atoms with van der Waals surface area (Å²) in [6, 6.07) is 15.9. The van der Waals surface area contributed by atoms with Crippen LogP contribution in [0.1, 0.15) is 12.0 Å². The number of rotatable bonds is 6. The molecule has 0 saturated carbocycles. The second-order valence-electron chi connectivity index (χ2n) is 5.52. The number of ether oxygens (including phenoxy) is 1. The highest BCUT2D eigenvalue weighted by Gasteiger charge is 2.07. The monoisotopic (exact) mass is 386 g/mol. The van der Waals surface area contributed by atoms with E-state index in [1.165, 1.54) is 0 Å². The molecule has 0 saturated heterocycles. The van der Waals surface area contributed by atoms with E-state index < -0.39 is 0 Å². The number of aromatic nitrogens is 1. The van der Waals surface area contributed by atoms with Gasteiger partial charge in [0.25, 0.3) is 0 Å². The lowest BCUT2D eigenvalue weighted by atomic mass is 10.2. The molecular weight excluding hydrogens is 368 g/mol. The van der Waals surface area contributed by atoms with Crippen molar-refractivity contribution in [3.63, 3.8) is 0 Å². The molecule has 0 fully saturated rings. The molecule has 1 N–H and O–H groups in total. The molecule has 0 bridgehead atoms. The van der Waals surface area contributed by atoms with E-state index in [1.54, 1.807) is 7.11 Å². The van der Waals surface area contributed by atoms with E-state index in [0.29, 0.717) is 19.5 Å². The fourth-order valence-corrected chi connectivity index (χ4v) is 3.22. The Morgan fingerprint density at radius 1 is 1.17 bits per heavy atom. The minimum Gasteiger partial charge on any atom is -0.496 e. The molecule has 2 aromatic carbocycles. The number of para-hydroxylation sites is 1. The van der Waals surface area contributed by atoms with Gasteiger partial charge < -0.3 is 14.6 Å². The Balaban J connectivity index is 1.58. The molecule has 0 unspecified atom stereocenters. The number of amides is 1. The molecule has 0 aliphatic carbocycles. The summed E-state index contributed by atoms with van der Waals surface area (Å²) in [6.45, 7) is 1.12. The zero-order valence-corrected chi connectivity index (χ0v) is 15.0. The van der Waals surface area contributed by atoms with Crippen molar-refractivity contribution < 1.29 is 9.53 Å². The third kappa shape index (κ3) is 3.62. The molecule has 124 valence electrons. The van der Waals surface area contributed by atoms with Crippen LogP contribution >= 0.6 is 15.9 Å². The Hall–Kier alpha value is -2.27. The van der Waals surface area contributed by atoms with Gasteiger partial charge in [0.1, 0.15) is 5.75 Å². The number of halogens is 1. The second kappa shape index (κ2) is 7.53. The van der Waals surface area contributed by atoms with Crippen LogP contribution in [-0.2, 0) is 17.9 Å². The van der Waals surface area contributed by atoms with Crippen LogP contribution in [0.4, 0.5) is 0 Å². The van der Waals surface area contributed by atoms with Crippen LogP contribution in [0, 0.1) is 0 Å². The van der Waals surface area contributed by atoms with Crippen molar-refractivity contribution in [2.45, 2.75) is 19.5 Å². The molecule has 0 spiro atoms. The van der Waals surface area contributed by atoms with Crippen molar-refractivity contribution in [1.82, 2.24) is 9.88 Å². The van der Waals surface area contributed by atoms with E-state index in [2.05, 4.69) is 37.9 Å². The van der Waals surface area contributed by atoms with Gasteiger partial charge in [-0.2, -0.15) is 0 Å². The number of hydrogen-bond donors (Lipinski definition) is 1. The van der Waals surface area contributed by atoms with Gasteiger partial charge in [-0.05, 0) is 24.3 Å². The number of benzene rings is 2. The van der Waals surface area contributed by atoms with Gasteiger partial charge in [-0.3, -0.25) is 4.79 Å². The molecule has 0 aliphatic heterocycles. The minimum atomic E-state index is 0.0257. The molecule has 4 nitrogen and oxygen atoms in total. The molecular formula is C19H19BrN2O2. The zero-order valence-electron chi connectivity index (χ0n) is 13.5. The highest BCUT2D eigenvalue weighted by molar-refractivity contribution is 9.10. The fourth-order valence-electron chi connectivity index (χ4n) is 2.73. The topological polar surface area (TPSA) is 43.3 Å². The predicted molar refractivity (Wildman–Crippen MR) is 99.1 cm³/mol. The Labute approximate surface area is 149 Å². The van der Waals surface area contributed by atoms with Crippen LogP contribution in [0.15, 0.2) is 59.2 Å². The first-order chi connectivity index (χ1) is 11.7. The van der Waals surface area contributed by atoms with Crippen LogP contribution in [0.2, 0.25) is 0 Å². The summed E-state index contributed by atoms with van der Waals surface area (Å²) in [5, 5.41) is 4.11. The van der Waals surface area contributed by atoms with E-state index in [9.17, 15) is 4.79 Å². The van der Waals surface area contributed by atoms with Gasteiger partial charge in [0.05, 0.1) is 7.11 Å². The maximum Gasteiger partial charge on any atom is 0.222 e. The summed E-state index contributed by atoms with van der Waals surface area (Å²) in [6.07, 6.45) is 2.45. The molecule has 5 heteroatoms. The molecule has 0 aliphatic rings. The summed E-state index contributed by atoms with van der Waals surface area (Å²) in [5.41, 5.74) is 2.10. The molecule has 3 rings (SSSR count). The maximum absolute atomic E-state index is 12.1.